The van der Waals surface area contributed by atoms with E-state index in [2.05, 4.69) is 19.8 Å². The lowest BCUT2D eigenvalue weighted by Crippen LogP contribution is -2.65. The molecular formula is C14H22N4O3S2. The van der Waals surface area contributed by atoms with E-state index >= 15 is 0 Å². The van der Waals surface area contributed by atoms with Gasteiger partial charge in [0.1, 0.15) is 10.6 Å². The van der Waals surface area contributed by atoms with Gasteiger partial charge in [0.25, 0.3) is 0 Å². The average Bonchev–Trinajstić information content (AvgIpc) is 3.27. The highest BCUT2D eigenvalue weighted by Crippen LogP contribution is 2.39. The first kappa shape index (κ1) is 15.7. The molecule has 2 saturated heterocycles. The summed E-state index contributed by atoms with van der Waals surface area (Å²) in [7, 11) is -3.08. The molecule has 1 atom stereocenters. The van der Waals surface area contributed by atoms with Crippen LogP contribution in [-0.4, -0.2) is 55.7 Å². The molecule has 1 aromatic heterocycles. The maximum Gasteiger partial charge on any atom is 0.214 e. The molecule has 4 rings (SSSR count). The molecule has 3 aliphatic rings. The van der Waals surface area contributed by atoms with Gasteiger partial charge < -0.3 is 9.64 Å². The average molecular weight is 358 g/mol. The van der Waals surface area contributed by atoms with Gasteiger partial charge in [0, 0.05) is 6.54 Å². The zero-order valence-corrected chi connectivity index (χ0v) is 14.8. The van der Waals surface area contributed by atoms with E-state index in [1.165, 1.54) is 0 Å². The molecule has 0 bridgehead atoms. The Morgan fingerprint density at radius 1 is 1.35 bits per heavy atom. The van der Waals surface area contributed by atoms with Crippen LogP contribution in [0.1, 0.15) is 30.7 Å². The second kappa shape index (κ2) is 5.65. The number of aryl methyl sites for hydroxylation is 1. The van der Waals surface area contributed by atoms with Gasteiger partial charge in [-0.25, -0.2) is 13.1 Å². The Labute approximate surface area is 140 Å². The van der Waals surface area contributed by atoms with Crippen LogP contribution in [0.15, 0.2) is 0 Å². The summed E-state index contributed by atoms with van der Waals surface area (Å²) in [6, 6.07) is 0. The lowest BCUT2D eigenvalue weighted by Gasteiger charge is -2.52. The first-order valence-corrected chi connectivity index (χ1v) is 10.5. The summed E-state index contributed by atoms with van der Waals surface area (Å²) in [6.45, 7) is 4.83. The van der Waals surface area contributed by atoms with Crippen molar-refractivity contribution in [1.29, 1.82) is 0 Å². The Morgan fingerprint density at radius 3 is 2.70 bits per heavy atom. The number of nitrogens with one attached hydrogen (secondary N) is 1. The molecule has 128 valence electrons. The van der Waals surface area contributed by atoms with Crippen molar-refractivity contribution in [2.45, 2.75) is 43.5 Å². The zero-order chi connectivity index (χ0) is 16.1. The van der Waals surface area contributed by atoms with Crippen LogP contribution in [0.3, 0.4) is 0 Å². The van der Waals surface area contributed by atoms with E-state index in [4.69, 9.17) is 4.74 Å². The van der Waals surface area contributed by atoms with Gasteiger partial charge in [-0.15, -0.1) is 10.2 Å². The summed E-state index contributed by atoms with van der Waals surface area (Å²) in [5.41, 5.74) is -0.0640. The summed E-state index contributed by atoms with van der Waals surface area (Å²) in [4.78, 5) is 2.21. The quantitative estimate of drug-likeness (QED) is 0.842. The van der Waals surface area contributed by atoms with Crippen molar-refractivity contribution >= 4 is 26.5 Å². The molecule has 1 saturated carbocycles. The summed E-state index contributed by atoms with van der Waals surface area (Å²) >= 11 is 1.61. The van der Waals surface area contributed by atoms with Crippen molar-refractivity contribution < 1.29 is 13.2 Å². The van der Waals surface area contributed by atoms with Crippen molar-refractivity contribution in [3.8, 4) is 0 Å². The van der Waals surface area contributed by atoms with Crippen molar-refractivity contribution in [1.82, 2.24) is 14.9 Å². The second-order valence-corrected chi connectivity index (χ2v) is 10.2. The highest BCUT2D eigenvalue weighted by molar-refractivity contribution is 7.90. The molecule has 1 aliphatic carbocycles. The summed E-state index contributed by atoms with van der Waals surface area (Å²) in [5.74, 6) is 0.284. The number of nitrogens with zero attached hydrogens (tertiary/aromatic N) is 3. The molecule has 0 radical (unpaired) electrons. The van der Waals surface area contributed by atoms with Crippen LogP contribution in [0.5, 0.6) is 0 Å². The van der Waals surface area contributed by atoms with E-state index in [9.17, 15) is 8.42 Å². The van der Waals surface area contributed by atoms with Crippen molar-refractivity contribution in [3.63, 3.8) is 0 Å². The number of anilines is 1. The van der Waals surface area contributed by atoms with E-state index in [-0.39, 0.29) is 16.8 Å². The van der Waals surface area contributed by atoms with Gasteiger partial charge in [0.2, 0.25) is 15.2 Å². The number of ether oxygens (including phenoxy) is 1. The molecule has 1 spiro atoms. The van der Waals surface area contributed by atoms with Crippen molar-refractivity contribution in [3.05, 3.63) is 5.01 Å². The van der Waals surface area contributed by atoms with Crippen molar-refractivity contribution in [2.24, 2.45) is 5.92 Å². The van der Waals surface area contributed by atoms with Crippen LogP contribution in [0, 0.1) is 12.8 Å². The third-order valence-electron chi connectivity index (χ3n) is 4.91. The number of hydrogen-bond acceptors (Lipinski definition) is 7. The molecule has 9 heteroatoms. The minimum absolute atomic E-state index is 0.0640. The number of hydrogen-bond donors (Lipinski definition) is 1. The lowest BCUT2D eigenvalue weighted by atomic mass is 9.83. The van der Waals surface area contributed by atoms with Gasteiger partial charge in [0.05, 0.1) is 24.9 Å². The van der Waals surface area contributed by atoms with Crippen LogP contribution in [0.4, 0.5) is 5.13 Å². The first-order valence-electron chi connectivity index (χ1n) is 8.13. The Hall–Kier alpha value is -0.770. The fraction of sp³-hybridized carbons (Fsp3) is 0.857. The first-order chi connectivity index (χ1) is 11.0. The maximum atomic E-state index is 11.9. The predicted octanol–water partition coefficient (Wildman–Crippen LogP) is 0.914. The normalized spacial score (nSPS) is 27.2. The van der Waals surface area contributed by atoms with Crippen LogP contribution in [0.2, 0.25) is 0 Å². The smallest absolute Gasteiger partial charge is 0.214 e. The number of rotatable bonds is 5. The third kappa shape index (κ3) is 3.24. The Morgan fingerprint density at radius 2 is 2.13 bits per heavy atom. The van der Waals surface area contributed by atoms with Gasteiger partial charge in [-0.3, -0.25) is 0 Å². The standard InChI is InChI=1S/C14H22N4O3S2/c1-10-16-17-13(22-10)18-8-14(9-18)5-4-11(7-21-14)6-15-23(19,20)12-2-3-12/h11-12,15H,2-9H2,1H3. The molecule has 3 fully saturated rings. The lowest BCUT2D eigenvalue weighted by molar-refractivity contribution is -0.114. The topological polar surface area (TPSA) is 84.4 Å². The van der Waals surface area contributed by atoms with E-state index in [1.54, 1.807) is 11.3 Å². The summed E-state index contributed by atoms with van der Waals surface area (Å²) in [5, 5.41) is 10.0. The minimum Gasteiger partial charge on any atom is -0.371 e. The van der Waals surface area contributed by atoms with Crippen molar-refractivity contribution in [2.75, 3.05) is 31.1 Å². The van der Waals surface area contributed by atoms with Crippen LogP contribution in [0.25, 0.3) is 0 Å². The molecule has 2 aliphatic heterocycles. The molecular weight excluding hydrogens is 336 g/mol. The summed E-state index contributed by atoms with van der Waals surface area (Å²) in [6.07, 6.45) is 3.61. The second-order valence-electron chi connectivity index (χ2n) is 6.95. The zero-order valence-electron chi connectivity index (χ0n) is 13.2. The molecule has 0 aromatic carbocycles. The maximum absolute atomic E-state index is 11.9. The van der Waals surface area contributed by atoms with Gasteiger partial charge in [0.15, 0.2) is 0 Å². The van der Waals surface area contributed by atoms with E-state index in [1.807, 2.05) is 6.92 Å². The number of sulfonamides is 1. The molecule has 3 heterocycles. The molecule has 1 aromatic rings. The largest absolute Gasteiger partial charge is 0.371 e. The van der Waals surface area contributed by atoms with Gasteiger partial charge in [-0.1, -0.05) is 11.3 Å². The Balaban J connectivity index is 1.24. The van der Waals surface area contributed by atoms with Crippen LogP contribution < -0.4 is 9.62 Å². The van der Waals surface area contributed by atoms with E-state index in [0.29, 0.717) is 13.2 Å². The highest BCUT2D eigenvalue weighted by atomic mass is 32.2. The van der Waals surface area contributed by atoms with Gasteiger partial charge in [-0.05, 0) is 38.5 Å². The Bertz CT molecular complexity index is 670. The fourth-order valence-corrected chi connectivity index (χ4v) is 5.40. The SMILES string of the molecule is Cc1nnc(N2CC3(CCC(CNS(=O)(=O)C4CC4)CO3)C2)s1. The molecule has 0 amide bonds. The van der Waals surface area contributed by atoms with Gasteiger partial charge >= 0.3 is 0 Å². The fourth-order valence-electron chi connectivity index (χ4n) is 3.26. The minimum atomic E-state index is -3.08. The number of aromatic nitrogens is 2. The van der Waals surface area contributed by atoms with Gasteiger partial charge in [-0.2, -0.15) is 0 Å². The molecule has 23 heavy (non-hydrogen) atoms. The van der Waals surface area contributed by atoms with Crippen LogP contribution in [-0.2, 0) is 14.8 Å². The predicted molar refractivity (Wildman–Crippen MR) is 88.2 cm³/mol. The molecule has 7 nitrogen and oxygen atoms in total. The van der Waals surface area contributed by atoms with E-state index in [0.717, 1.165) is 48.9 Å². The van der Waals surface area contributed by atoms with E-state index < -0.39 is 10.0 Å². The Kier molecular flexibility index (Phi) is 3.86. The van der Waals surface area contributed by atoms with Crippen LogP contribution >= 0.6 is 11.3 Å². The monoisotopic (exact) mass is 358 g/mol. The molecule has 1 N–H and O–H groups in total. The highest BCUT2D eigenvalue weighted by Gasteiger charge is 2.48. The summed E-state index contributed by atoms with van der Waals surface area (Å²) < 4.78 is 32.6. The molecule has 1 unspecified atom stereocenters. The third-order valence-corrected chi connectivity index (χ3v) is 7.73.